The summed E-state index contributed by atoms with van der Waals surface area (Å²) in [5.74, 6) is 0. The first-order valence-electron chi connectivity index (χ1n) is 7.19. The van der Waals surface area contributed by atoms with E-state index in [2.05, 4.69) is 45.9 Å². The lowest BCUT2D eigenvalue weighted by atomic mass is 10.1. The third-order valence-electron chi connectivity index (χ3n) is 2.91. The summed E-state index contributed by atoms with van der Waals surface area (Å²) in [6.45, 7) is 9.76. The van der Waals surface area contributed by atoms with E-state index in [0.717, 1.165) is 25.7 Å². The van der Waals surface area contributed by atoms with Gasteiger partial charge in [-0.05, 0) is 53.4 Å². The summed E-state index contributed by atoms with van der Waals surface area (Å²) in [4.78, 5) is 0. The van der Waals surface area contributed by atoms with Crippen molar-refractivity contribution in [2.45, 2.75) is 53.4 Å². The van der Waals surface area contributed by atoms with Crippen molar-refractivity contribution in [3.63, 3.8) is 0 Å². The van der Waals surface area contributed by atoms with Gasteiger partial charge in [0.05, 0.1) is 19.8 Å². The smallest absolute Gasteiger partial charge is 0.0701 e. The lowest BCUT2D eigenvalue weighted by Gasteiger charge is -2.02. The van der Waals surface area contributed by atoms with Crippen LogP contribution in [0, 0.1) is 0 Å². The van der Waals surface area contributed by atoms with Gasteiger partial charge in [0.15, 0.2) is 0 Å². The molecule has 0 aromatic heterocycles. The maximum Gasteiger partial charge on any atom is 0.0701 e. The molecule has 2 nitrogen and oxygen atoms in total. The van der Waals surface area contributed by atoms with Gasteiger partial charge < -0.3 is 9.84 Å². The van der Waals surface area contributed by atoms with Crippen LogP contribution in [0.4, 0.5) is 0 Å². The first kappa shape index (κ1) is 18.1. The Kier molecular flexibility index (Phi) is 11.6. The summed E-state index contributed by atoms with van der Waals surface area (Å²) >= 11 is 0. The van der Waals surface area contributed by atoms with Crippen molar-refractivity contribution in [3.05, 3.63) is 34.9 Å². The average Bonchev–Trinajstić information content (AvgIpc) is 2.34. The first-order valence-corrected chi connectivity index (χ1v) is 7.19. The summed E-state index contributed by atoms with van der Waals surface area (Å²) in [6.07, 6.45) is 11.2. The maximum atomic E-state index is 8.58. The lowest BCUT2D eigenvalue weighted by molar-refractivity contribution is 0.111. The van der Waals surface area contributed by atoms with E-state index >= 15 is 0 Å². The van der Waals surface area contributed by atoms with Crippen LogP contribution < -0.4 is 0 Å². The molecule has 0 unspecified atom stereocenters. The highest BCUT2D eigenvalue weighted by Gasteiger charge is 1.92. The van der Waals surface area contributed by atoms with E-state index in [-0.39, 0.29) is 6.61 Å². The van der Waals surface area contributed by atoms with E-state index in [1.165, 1.54) is 16.7 Å². The second-order valence-electron chi connectivity index (χ2n) is 5.26. The Bertz CT molecular complexity index is 307. The van der Waals surface area contributed by atoms with Gasteiger partial charge in [-0.25, -0.2) is 0 Å². The minimum atomic E-state index is 0.0977. The number of allylic oxidation sites excluding steroid dienone is 5. The molecule has 0 heterocycles. The molecule has 0 radical (unpaired) electrons. The molecule has 0 saturated heterocycles. The van der Waals surface area contributed by atoms with Crippen molar-refractivity contribution in [1.29, 1.82) is 0 Å². The van der Waals surface area contributed by atoms with Crippen LogP contribution in [0.25, 0.3) is 0 Å². The Labute approximate surface area is 118 Å². The second-order valence-corrected chi connectivity index (χ2v) is 5.26. The predicted octanol–water partition coefficient (Wildman–Crippen LogP) is 4.41. The minimum Gasteiger partial charge on any atom is -0.394 e. The monoisotopic (exact) mass is 266 g/mol. The zero-order valence-corrected chi connectivity index (χ0v) is 13.0. The molecular formula is C17H30O2. The second kappa shape index (κ2) is 12.2. The highest BCUT2D eigenvalue weighted by atomic mass is 16.5. The van der Waals surface area contributed by atoms with Crippen LogP contribution in [0.1, 0.15) is 53.4 Å². The summed E-state index contributed by atoms with van der Waals surface area (Å²) in [5.41, 5.74) is 4.22. The Morgan fingerprint density at radius 2 is 1.47 bits per heavy atom. The molecular weight excluding hydrogens is 236 g/mol. The Morgan fingerprint density at radius 3 is 2.05 bits per heavy atom. The average molecular weight is 266 g/mol. The van der Waals surface area contributed by atoms with Crippen LogP contribution in [-0.2, 0) is 4.74 Å². The quantitative estimate of drug-likeness (QED) is 0.468. The molecule has 0 bridgehead atoms. The summed E-state index contributed by atoms with van der Waals surface area (Å²) < 4.78 is 5.21. The van der Waals surface area contributed by atoms with E-state index in [0.29, 0.717) is 13.2 Å². The van der Waals surface area contributed by atoms with Crippen molar-refractivity contribution < 1.29 is 9.84 Å². The van der Waals surface area contributed by atoms with Gasteiger partial charge in [-0.15, -0.1) is 0 Å². The van der Waals surface area contributed by atoms with Crippen LogP contribution in [0.15, 0.2) is 34.9 Å². The number of rotatable bonds is 10. The van der Waals surface area contributed by atoms with E-state index in [4.69, 9.17) is 9.84 Å². The van der Waals surface area contributed by atoms with Crippen LogP contribution in [-0.4, -0.2) is 24.9 Å². The highest BCUT2D eigenvalue weighted by Crippen LogP contribution is 2.11. The number of ether oxygens (including phenoxy) is 1. The van der Waals surface area contributed by atoms with Gasteiger partial charge in [0.2, 0.25) is 0 Å². The molecule has 110 valence electrons. The van der Waals surface area contributed by atoms with E-state index in [9.17, 15) is 0 Å². The number of hydrogen-bond donors (Lipinski definition) is 1. The molecule has 0 aromatic rings. The Morgan fingerprint density at radius 1 is 0.895 bits per heavy atom. The molecule has 1 N–H and O–H groups in total. The van der Waals surface area contributed by atoms with Crippen LogP contribution in [0.5, 0.6) is 0 Å². The molecule has 2 heteroatoms. The molecule has 0 rings (SSSR count). The van der Waals surface area contributed by atoms with Crippen molar-refractivity contribution in [1.82, 2.24) is 0 Å². The van der Waals surface area contributed by atoms with Crippen molar-refractivity contribution in [3.8, 4) is 0 Å². The molecule has 0 aromatic carbocycles. The highest BCUT2D eigenvalue weighted by molar-refractivity contribution is 5.05. The molecule has 0 amide bonds. The van der Waals surface area contributed by atoms with Gasteiger partial charge in [-0.2, -0.15) is 0 Å². The third-order valence-corrected chi connectivity index (χ3v) is 2.91. The number of hydrogen-bond acceptors (Lipinski definition) is 2. The van der Waals surface area contributed by atoms with E-state index in [1.807, 2.05) is 0 Å². The fraction of sp³-hybridized carbons (Fsp3) is 0.647. The van der Waals surface area contributed by atoms with Crippen molar-refractivity contribution in [2.24, 2.45) is 0 Å². The molecule has 0 saturated carbocycles. The standard InChI is InChI=1S/C17H30O2/c1-15(2)7-5-8-16(3)9-6-10-17(4)11-13-19-14-12-18/h7,9,11,18H,5-6,8,10,12-14H2,1-4H3/b16-9+,17-11+. The molecule has 0 aliphatic carbocycles. The molecule has 0 fully saturated rings. The van der Waals surface area contributed by atoms with Gasteiger partial charge in [-0.1, -0.05) is 34.9 Å². The molecule has 0 aliphatic heterocycles. The normalized spacial score (nSPS) is 12.7. The molecule has 0 atom stereocenters. The first-order chi connectivity index (χ1) is 9.06. The molecule has 0 spiro atoms. The zero-order valence-electron chi connectivity index (χ0n) is 13.0. The Balaban J connectivity index is 3.77. The van der Waals surface area contributed by atoms with Crippen molar-refractivity contribution in [2.75, 3.05) is 19.8 Å². The molecule has 19 heavy (non-hydrogen) atoms. The van der Waals surface area contributed by atoms with Gasteiger partial charge in [-0.3, -0.25) is 0 Å². The van der Waals surface area contributed by atoms with E-state index < -0.39 is 0 Å². The van der Waals surface area contributed by atoms with Crippen molar-refractivity contribution >= 4 is 0 Å². The summed E-state index contributed by atoms with van der Waals surface area (Å²) in [7, 11) is 0. The number of aliphatic hydroxyl groups excluding tert-OH is 1. The van der Waals surface area contributed by atoms with Gasteiger partial charge >= 0.3 is 0 Å². The molecule has 0 aliphatic rings. The predicted molar refractivity (Wildman–Crippen MR) is 83.3 cm³/mol. The van der Waals surface area contributed by atoms with Gasteiger partial charge in [0.25, 0.3) is 0 Å². The SMILES string of the molecule is CC(C)=CCC/C(C)=C/CC/C(C)=C/COCCO. The van der Waals surface area contributed by atoms with Crippen LogP contribution in [0.3, 0.4) is 0 Å². The zero-order chi connectivity index (χ0) is 14.5. The summed E-state index contributed by atoms with van der Waals surface area (Å²) in [5, 5.41) is 8.58. The fourth-order valence-electron chi connectivity index (χ4n) is 1.69. The minimum absolute atomic E-state index is 0.0977. The maximum absolute atomic E-state index is 8.58. The number of aliphatic hydroxyl groups is 1. The fourth-order valence-corrected chi connectivity index (χ4v) is 1.69. The van der Waals surface area contributed by atoms with Crippen LogP contribution in [0.2, 0.25) is 0 Å². The van der Waals surface area contributed by atoms with Gasteiger partial charge in [0, 0.05) is 0 Å². The largest absolute Gasteiger partial charge is 0.394 e. The summed E-state index contributed by atoms with van der Waals surface area (Å²) in [6, 6.07) is 0. The van der Waals surface area contributed by atoms with Gasteiger partial charge in [0.1, 0.15) is 0 Å². The van der Waals surface area contributed by atoms with E-state index in [1.54, 1.807) is 0 Å². The van der Waals surface area contributed by atoms with Crippen LogP contribution >= 0.6 is 0 Å². The topological polar surface area (TPSA) is 29.5 Å². The lowest BCUT2D eigenvalue weighted by Crippen LogP contribution is -1.98. The third kappa shape index (κ3) is 13.4. The Hall–Kier alpha value is -0.860.